The van der Waals surface area contributed by atoms with Gasteiger partial charge in [0.1, 0.15) is 11.3 Å². The van der Waals surface area contributed by atoms with Gasteiger partial charge in [0.15, 0.2) is 0 Å². The Bertz CT molecular complexity index is 388. The number of methoxy groups -OCH3 is 1. The Morgan fingerprint density at radius 2 is 2.53 bits per heavy atom. The number of esters is 1. The SMILES string of the molecule is COC(=O)c1ccoc1CN1CCCC1CO. The lowest BCUT2D eigenvalue weighted by Gasteiger charge is -2.21. The number of hydrogen-bond acceptors (Lipinski definition) is 5. The summed E-state index contributed by atoms with van der Waals surface area (Å²) in [5.41, 5.74) is 0.469. The fourth-order valence-electron chi connectivity index (χ4n) is 2.25. The van der Waals surface area contributed by atoms with Crippen molar-refractivity contribution in [2.45, 2.75) is 25.4 Å². The number of carbonyl (C=O) groups is 1. The lowest BCUT2D eigenvalue weighted by atomic mass is 10.2. The molecule has 1 aliphatic heterocycles. The molecule has 1 N–H and O–H groups in total. The first-order valence-electron chi connectivity index (χ1n) is 5.76. The number of hydrogen-bond donors (Lipinski definition) is 1. The molecular weight excluding hydrogens is 222 g/mol. The number of rotatable bonds is 4. The minimum atomic E-state index is -0.381. The topological polar surface area (TPSA) is 62.9 Å². The maximum absolute atomic E-state index is 11.5. The quantitative estimate of drug-likeness (QED) is 0.795. The van der Waals surface area contributed by atoms with Crippen LogP contribution in [0.5, 0.6) is 0 Å². The summed E-state index contributed by atoms with van der Waals surface area (Å²) in [5.74, 6) is 0.227. The van der Waals surface area contributed by atoms with E-state index in [2.05, 4.69) is 9.64 Å². The van der Waals surface area contributed by atoms with Gasteiger partial charge >= 0.3 is 5.97 Å². The van der Waals surface area contributed by atoms with Gasteiger partial charge in [0.05, 0.1) is 26.5 Å². The zero-order valence-corrected chi connectivity index (χ0v) is 9.89. The molecule has 2 heterocycles. The minimum Gasteiger partial charge on any atom is -0.467 e. The Hall–Kier alpha value is -1.33. The molecule has 1 saturated heterocycles. The molecule has 1 aliphatic rings. The summed E-state index contributed by atoms with van der Waals surface area (Å²) in [6.45, 7) is 1.61. The van der Waals surface area contributed by atoms with Crippen molar-refractivity contribution in [1.29, 1.82) is 0 Å². The van der Waals surface area contributed by atoms with E-state index in [0.717, 1.165) is 19.4 Å². The first-order chi connectivity index (χ1) is 8.26. The third-order valence-electron chi connectivity index (χ3n) is 3.21. The van der Waals surface area contributed by atoms with Crippen LogP contribution in [0.15, 0.2) is 16.7 Å². The average molecular weight is 239 g/mol. The maximum Gasteiger partial charge on any atom is 0.341 e. The third-order valence-corrected chi connectivity index (χ3v) is 3.21. The highest BCUT2D eigenvalue weighted by atomic mass is 16.5. The average Bonchev–Trinajstić information content (AvgIpc) is 2.97. The molecule has 1 unspecified atom stereocenters. The highest BCUT2D eigenvalue weighted by Gasteiger charge is 2.26. The van der Waals surface area contributed by atoms with Crippen LogP contribution in [0.2, 0.25) is 0 Å². The highest BCUT2D eigenvalue weighted by molar-refractivity contribution is 5.90. The molecule has 5 heteroatoms. The zero-order chi connectivity index (χ0) is 12.3. The van der Waals surface area contributed by atoms with Gasteiger partial charge in [-0.2, -0.15) is 0 Å². The van der Waals surface area contributed by atoms with Gasteiger partial charge in [-0.05, 0) is 25.5 Å². The highest BCUT2D eigenvalue weighted by Crippen LogP contribution is 2.22. The van der Waals surface area contributed by atoms with E-state index in [1.807, 2.05) is 0 Å². The molecular formula is C12H17NO4. The van der Waals surface area contributed by atoms with Crippen molar-refractivity contribution in [3.05, 3.63) is 23.7 Å². The van der Waals surface area contributed by atoms with Crippen LogP contribution >= 0.6 is 0 Å². The Morgan fingerprint density at radius 3 is 3.24 bits per heavy atom. The Balaban J connectivity index is 2.08. The largest absolute Gasteiger partial charge is 0.467 e. The smallest absolute Gasteiger partial charge is 0.341 e. The monoisotopic (exact) mass is 239 g/mol. The molecule has 17 heavy (non-hydrogen) atoms. The van der Waals surface area contributed by atoms with E-state index in [9.17, 15) is 9.90 Å². The van der Waals surface area contributed by atoms with Gasteiger partial charge in [-0.25, -0.2) is 4.79 Å². The first-order valence-corrected chi connectivity index (χ1v) is 5.76. The van der Waals surface area contributed by atoms with Gasteiger partial charge < -0.3 is 14.3 Å². The zero-order valence-electron chi connectivity index (χ0n) is 9.89. The summed E-state index contributed by atoms with van der Waals surface area (Å²) in [4.78, 5) is 13.6. The van der Waals surface area contributed by atoms with Gasteiger partial charge in [0, 0.05) is 6.04 Å². The predicted molar refractivity (Wildman–Crippen MR) is 60.6 cm³/mol. The Labute approximate surface area is 100.0 Å². The summed E-state index contributed by atoms with van der Waals surface area (Å²) in [7, 11) is 1.35. The van der Waals surface area contributed by atoms with E-state index in [4.69, 9.17) is 4.42 Å². The van der Waals surface area contributed by atoms with E-state index >= 15 is 0 Å². The van der Waals surface area contributed by atoms with Crippen molar-refractivity contribution in [2.24, 2.45) is 0 Å². The molecule has 0 radical (unpaired) electrons. The lowest BCUT2D eigenvalue weighted by molar-refractivity contribution is 0.0595. The summed E-state index contributed by atoms with van der Waals surface area (Å²) >= 11 is 0. The predicted octanol–water partition coefficient (Wildman–Crippen LogP) is 1.02. The van der Waals surface area contributed by atoms with Crippen LogP contribution in [0.3, 0.4) is 0 Å². The number of aliphatic hydroxyl groups excluding tert-OH is 1. The van der Waals surface area contributed by atoms with Crippen LogP contribution in [-0.4, -0.2) is 42.3 Å². The van der Waals surface area contributed by atoms with E-state index < -0.39 is 0 Å². The van der Waals surface area contributed by atoms with Crippen LogP contribution in [0, 0.1) is 0 Å². The normalized spacial score (nSPS) is 20.7. The Kier molecular flexibility index (Phi) is 3.81. The van der Waals surface area contributed by atoms with Gasteiger partial charge in [0.2, 0.25) is 0 Å². The molecule has 1 fully saturated rings. The van der Waals surface area contributed by atoms with Gasteiger partial charge in [-0.3, -0.25) is 4.90 Å². The molecule has 0 aromatic carbocycles. The fourth-order valence-corrected chi connectivity index (χ4v) is 2.25. The van der Waals surface area contributed by atoms with Crippen molar-refractivity contribution < 1.29 is 19.1 Å². The van der Waals surface area contributed by atoms with Crippen molar-refractivity contribution in [1.82, 2.24) is 4.90 Å². The number of carbonyl (C=O) groups excluding carboxylic acids is 1. The number of nitrogens with zero attached hydrogens (tertiary/aromatic N) is 1. The van der Waals surface area contributed by atoms with Crippen molar-refractivity contribution in [2.75, 3.05) is 20.3 Å². The molecule has 0 aliphatic carbocycles. The van der Waals surface area contributed by atoms with Gasteiger partial charge in [0.25, 0.3) is 0 Å². The lowest BCUT2D eigenvalue weighted by Crippen LogP contribution is -2.31. The van der Waals surface area contributed by atoms with Crippen LogP contribution in [0.1, 0.15) is 29.0 Å². The summed E-state index contributed by atoms with van der Waals surface area (Å²) in [6, 6.07) is 1.79. The van der Waals surface area contributed by atoms with Gasteiger partial charge in [-0.1, -0.05) is 0 Å². The van der Waals surface area contributed by atoms with E-state index in [-0.39, 0.29) is 18.6 Å². The molecule has 94 valence electrons. The molecule has 0 spiro atoms. The molecule has 0 amide bonds. The second kappa shape index (κ2) is 5.33. The van der Waals surface area contributed by atoms with E-state index in [1.54, 1.807) is 6.07 Å². The number of likely N-dealkylation sites (tertiary alicyclic amines) is 1. The summed E-state index contributed by atoms with van der Waals surface area (Å²) in [6.07, 6.45) is 3.55. The van der Waals surface area contributed by atoms with Crippen molar-refractivity contribution in [3.8, 4) is 0 Å². The molecule has 0 bridgehead atoms. The first kappa shape index (κ1) is 12.1. The van der Waals surface area contributed by atoms with Gasteiger partial charge in [-0.15, -0.1) is 0 Å². The maximum atomic E-state index is 11.5. The molecule has 0 saturated carbocycles. The standard InChI is InChI=1S/C12H17NO4/c1-16-12(15)10-4-6-17-11(10)7-13-5-2-3-9(13)8-14/h4,6,9,14H,2-3,5,7-8H2,1H3. The molecule has 1 aromatic rings. The second-order valence-corrected chi connectivity index (χ2v) is 4.20. The minimum absolute atomic E-state index is 0.147. The van der Waals surface area contributed by atoms with Crippen molar-refractivity contribution >= 4 is 5.97 Å². The Morgan fingerprint density at radius 1 is 1.71 bits per heavy atom. The molecule has 2 rings (SSSR count). The summed E-state index contributed by atoms with van der Waals surface area (Å²) in [5, 5.41) is 9.23. The van der Waals surface area contributed by atoms with E-state index in [0.29, 0.717) is 17.9 Å². The summed E-state index contributed by atoms with van der Waals surface area (Å²) < 4.78 is 10.0. The molecule has 1 aromatic heterocycles. The van der Waals surface area contributed by atoms with Crippen LogP contribution in [-0.2, 0) is 11.3 Å². The number of furan rings is 1. The number of ether oxygens (including phenoxy) is 1. The number of aliphatic hydroxyl groups is 1. The van der Waals surface area contributed by atoms with Crippen LogP contribution in [0.25, 0.3) is 0 Å². The van der Waals surface area contributed by atoms with Crippen LogP contribution < -0.4 is 0 Å². The second-order valence-electron chi connectivity index (χ2n) is 4.20. The third kappa shape index (κ3) is 2.50. The van der Waals surface area contributed by atoms with Crippen molar-refractivity contribution in [3.63, 3.8) is 0 Å². The van der Waals surface area contributed by atoms with Crippen LogP contribution in [0.4, 0.5) is 0 Å². The molecule has 5 nitrogen and oxygen atoms in total. The fraction of sp³-hybridized carbons (Fsp3) is 0.583. The van der Waals surface area contributed by atoms with E-state index in [1.165, 1.54) is 13.4 Å². The molecule has 1 atom stereocenters.